The van der Waals surface area contributed by atoms with Crippen LogP contribution in [0.25, 0.3) is 0 Å². The van der Waals surface area contributed by atoms with E-state index in [-0.39, 0.29) is 11.8 Å². The summed E-state index contributed by atoms with van der Waals surface area (Å²) in [6, 6.07) is 16.2. The molecule has 1 N–H and O–H groups in total. The summed E-state index contributed by atoms with van der Waals surface area (Å²) in [5.41, 5.74) is 2.36. The van der Waals surface area contributed by atoms with Crippen LogP contribution in [-0.2, 0) is 17.9 Å². The first kappa shape index (κ1) is 20.2. The van der Waals surface area contributed by atoms with Crippen molar-refractivity contribution in [3.05, 3.63) is 59.7 Å². The molecule has 0 aliphatic carbocycles. The lowest BCUT2D eigenvalue weighted by Gasteiger charge is -2.31. The Labute approximate surface area is 167 Å². The second-order valence-electron chi connectivity index (χ2n) is 7.56. The summed E-state index contributed by atoms with van der Waals surface area (Å²) in [7, 11) is 5.27. The Morgan fingerprint density at radius 2 is 1.79 bits per heavy atom. The quantitative estimate of drug-likeness (QED) is 0.797. The van der Waals surface area contributed by atoms with Gasteiger partial charge in [-0.1, -0.05) is 30.3 Å². The molecule has 0 bridgehead atoms. The van der Waals surface area contributed by atoms with Crippen LogP contribution in [0.15, 0.2) is 48.5 Å². The molecule has 0 saturated carbocycles. The SMILES string of the molecule is COc1ccc(C[NH+]2CCC(C(=O)N(C)Cc3ccccc3)CC2)c(OC)c1. The highest BCUT2D eigenvalue weighted by atomic mass is 16.5. The van der Waals surface area contributed by atoms with Gasteiger partial charge in [0.05, 0.1) is 27.3 Å². The van der Waals surface area contributed by atoms with Crippen LogP contribution in [0.3, 0.4) is 0 Å². The summed E-state index contributed by atoms with van der Waals surface area (Å²) in [5, 5.41) is 0. The average Bonchev–Trinajstić information content (AvgIpc) is 2.74. The maximum Gasteiger partial charge on any atom is 0.226 e. The third-order valence-electron chi connectivity index (χ3n) is 5.62. The fourth-order valence-electron chi connectivity index (χ4n) is 3.96. The second-order valence-corrected chi connectivity index (χ2v) is 7.56. The van der Waals surface area contributed by atoms with E-state index in [9.17, 15) is 4.79 Å². The Hall–Kier alpha value is -2.53. The van der Waals surface area contributed by atoms with E-state index in [1.54, 1.807) is 14.2 Å². The van der Waals surface area contributed by atoms with Gasteiger partial charge in [-0.25, -0.2) is 0 Å². The van der Waals surface area contributed by atoms with Gasteiger partial charge < -0.3 is 19.3 Å². The molecule has 1 saturated heterocycles. The lowest BCUT2D eigenvalue weighted by atomic mass is 9.94. The van der Waals surface area contributed by atoms with Gasteiger partial charge in [0.15, 0.2) is 0 Å². The highest BCUT2D eigenvalue weighted by Crippen LogP contribution is 2.24. The molecule has 1 heterocycles. The molecule has 1 aliphatic rings. The molecule has 5 heteroatoms. The molecule has 28 heavy (non-hydrogen) atoms. The van der Waals surface area contributed by atoms with Gasteiger partial charge in [-0.15, -0.1) is 0 Å². The Kier molecular flexibility index (Phi) is 6.93. The minimum atomic E-state index is 0.134. The summed E-state index contributed by atoms with van der Waals surface area (Å²) in [6.07, 6.45) is 1.87. The minimum absolute atomic E-state index is 0.134. The van der Waals surface area contributed by atoms with Gasteiger partial charge in [-0.2, -0.15) is 0 Å². The number of nitrogens with one attached hydrogen (secondary N) is 1. The molecule has 0 unspecified atom stereocenters. The van der Waals surface area contributed by atoms with Crippen molar-refractivity contribution in [3.63, 3.8) is 0 Å². The summed E-state index contributed by atoms with van der Waals surface area (Å²) < 4.78 is 10.8. The molecule has 2 aromatic rings. The topological polar surface area (TPSA) is 43.2 Å². The molecular formula is C23H31N2O3+. The number of quaternary nitrogens is 1. The van der Waals surface area contributed by atoms with E-state index in [1.807, 2.05) is 42.3 Å². The van der Waals surface area contributed by atoms with E-state index >= 15 is 0 Å². The van der Waals surface area contributed by atoms with Gasteiger partial charge in [0, 0.05) is 44.0 Å². The number of nitrogens with zero attached hydrogens (tertiary/aromatic N) is 1. The zero-order valence-electron chi connectivity index (χ0n) is 17.1. The number of piperidine rings is 1. The van der Waals surface area contributed by atoms with Crippen molar-refractivity contribution >= 4 is 5.91 Å². The Morgan fingerprint density at radius 1 is 1.07 bits per heavy atom. The summed E-state index contributed by atoms with van der Waals surface area (Å²) in [4.78, 5) is 16.2. The number of rotatable bonds is 7. The Balaban J connectivity index is 1.52. The third-order valence-corrected chi connectivity index (χ3v) is 5.62. The number of amides is 1. The Morgan fingerprint density at radius 3 is 2.43 bits per heavy atom. The predicted molar refractivity (Wildman–Crippen MR) is 110 cm³/mol. The van der Waals surface area contributed by atoms with E-state index in [1.165, 1.54) is 16.0 Å². The van der Waals surface area contributed by atoms with Crippen molar-refractivity contribution in [2.24, 2.45) is 5.92 Å². The molecule has 3 rings (SSSR count). The number of carbonyl (C=O) groups excluding carboxylic acids is 1. The summed E-state index contributed by atoms with van der Waals surface area (Å²) in [6.45, 7) is 3.60. The monoisotopic (exact) mass is 383 g/mol. The molecule has 1 fully saturated rings. The van der Waals surface area contributed by atoms with Gasteiger partial charge >= 0.3 is 0 Å². The molecule has 1 aliphatic heterocycles. The van der Waals surface area contributed by atoms with Crippen LogP contribution in [0.4, 0.5) is 0 Å². The lowest BCUT2D eigenvalue weighted by Crippen LogP contribution is -3.11. The first-order valence-corrected chi connectivity index (χ1v) is 9.94. The lowest BCUT2D eigenvalue weighted by molar-refractivity contribution is -0.919. The summed E-state index contributed by atoms with van der Waals surface area (Å²) >= 11 is 0. The number of likely N-dealkylation sites (tertiary alicyclic amines) is 1. The fraction of sp³-hybridized carbons (Fsp3) is 0.435. The number of methoxy groups -OCH3 is 2. The molecule has 0 aromatic heterocycles. The standard InChI is InChI=1S/C23H30N2O3/c1-24(16-18-7-5-4-6-8-18)23(26)19-11-13-25(14-12-19)17-20-9-10-21(27-2)15-22(20)28-3/h4-10,15,19H,11-14,16-17H2,1-3H3/p+1. The van der Waals surface area contributed by atoms with Crippen molar-refractivity contribution < 1.29 is 19.2 Å². The van der Waals surface area contributed by atoms with Crippen molar-refractivity contribution in [1.29, 1.82) is 0 Å². The van der Waals surface area contributed by atoms with Crippen LogP contribution in [0.5, 0.6) is 11.5 Å². The van der Waals surface area contributed by atoms with E-state index in [0.29, 0.717) is 6.54 Å². The molecule has 1 amide bonds. The van der Waals surface area contributed by atoms with E-state index in [4.69, 9.17) is 9.47 Å². The zero-order valence-corrected chi connectivity index (χ0v) is 17.1. The minimum Gasteiger partial charge on any atom is -0.497 e. The van der Waals surface area contributed by atoms with Gasteiger partial charge in [0.1, 0.15) is 18.0 Å². The molecule has 0 atom stereocenters. The van der Waals surface area contributed by atoms with Crippen molar-refractivity contribution in [2.45, 2.75) is 25.9 Å². The van der Waals surface area contributed by atoms with Crippen LogP contribution in [0.2, 0.25) is 0 Å². The molecule has 0 radical (unpaired) electrons. The van der Waals surface area contributed by atoms with E-state index < -0.39 is 0 Å². The number of ether oxygens (including phenoxy) is 2. The largest absolute Gasteiger partial charge is 0.497 e. The smallest absolute Gasteiger partial charge is 0.226 e. The van der Waals surface area contributed by atoms with Crippen LogP contribution >= 0.6 is 0 Å². The van der Waals surface area contributed by atoms with Gasteiger partial charge in [-0.3, -0.25) is 4.79 Å². The van der Waals surface area contributed by atoms with Crippen molar-refractivity contribution in [1.82, 2.24) is 4.90 Å². The molecule has 5 nitrogen and oxygen atoms in total. The normalized spacial score (nSPS) is 19.1. The van der Waals surface area contributed by atoms with Gasteiger partial charge in [0.2, 0.25) is 5.91 Å². The first-order valence-electron chi connectivity index (χ1n) is 9.94. The average molecular weight is 384 g/mol. The zero-order chi connectivity index (χ0) is 19.9. The fourth-order valence-corrected chi connectivity index (χ4v) is 3.96. The van der Waals surface area contributed by atoms with Crippen LogP contribution in [-0.4, -0.2) is 45.2 Å². The Bertz CT molecular complexity index is 771. The van der Waals surface area contributed by atoms with Crippen molar-refractivity contribution in [3.8, 4) is 11.5 Å². The highest BCUT2D eigenvalue weighted by Gasteiger charge is 2.29. The number of carbonyl (C=O) groups is 1. The molecule has 2 aromatic carbocycles. The van der Waals surface area contributed by atoms with Crippen LogP contribution in [0, 0.1) is 5.92 Å². The van der Waals surface area contributed by atoms with E-state index in [2.05, 4.69) is 18.2 Å². The maximum atomic E-state index is 12.8. The predicted octanol–water partition coefficient (Wildman–Crippen LogP) is 2.16. The molecular weight excluding hydrogens is 352 g/mol. The van der Waals surface area contributed by atoms with Gasteiger partial charge in [-0.05, 0) is 17.7 Å². The van der Waals surface area contributed by atoms with Crippen LogP contribution < -0.4 is 14.4 Å². The first-order chi connectivity index (χ1) is 13.6. The van der Waals surface area contributed by atoms with Crippen molar-refractivity contribution in [2.75, 3.05) is 34.4 Å². The summed E-state index contributed by atoms with van der Waals surface area (Å²) in [5.74, 6) is 2.08. The number of hydrogen-bond acceptors (Lipinski definition) is 3. The molecule has 0 spiro atoms. The van der Waals surface area contributed by atoms with E-state index in [0.717, 1.165) is 44.0 Å². The highest BCUT2D eigenvalue weighted by molar-refractivity contribution is 5.78. The van der Waals surface area contributed by atoms with Gasteiger partial charge in [0.25, 0.3) is 0 Å². The third kappa shape index (κ3) is 5.04. The maximum absolute atomic E-state index is 12.8. The number of hydrogen-bond donors (Lipinski definition) is 1. The number of benzene rings is 2. The van der Waals surface area contributed by atoms with Crippen LogP contribution in [0.1, 0.15) is 24.0 Å². The second kappa shape index (κ2) is 9.60. The molecule has 150 valence electrons.